The van der Waals surface area contributed by atoms with Gasteiger partial charge in [0.1, 0.15) is 0 Å². The molecule has 0 radical (unpaired) electrons. The molecule has 1 atom stereocenters. The molecule has 0 aliphatic carbocycles. The van der Waals surface area contributed by atoms with Crippen LogP contribution in [-0.2, 0) is 22.7 Å². The number of rotatable bonds is 10. The molecule has 1 fully saturated rings. The van der Waals surface area contributed by atoms with Crippen LogP contribution in [0.3, 0.4) is 0 Å². The molecule has 1 unspecified atom stereocenters. The number of benzene rings is 2. The minimum absolute atomic E-state index is 0.0207. The normalized spacial score (nSPS) is 14.9. The molecule has 2 amide bonds. The van der Waals surface area contributed by atoms with Gasteiger partial charge in [0, 0.05) is 69.8 Å². The van der Waals surface area contributed by atoms with Crippen LogP contribution in [0.5, 0.6) is 11.5 Å². The highest BCUT2D eigenvalue weighted by Crippen LogP contribution is 2.35. The van der Waals surface area contributed by atoms with Crippen molar-refractivity contribution in [2.75, 3.05) is 37.9 Å². The van der Waals surface area contributed by atoms with Crippen molar-refractivity contribution in [3.8, 4) is 11.5 Å². The summed E-state index contributed by atoms with van der Waals surface area (Å²) in [6.07, 6.45) is 4.05. The fourth-order valence-corrected chi connectivity index (χ4v) is 6.42. The number of amides is 2. The van der Waals surface area contributed by atoms with Crippen LogP contribution in [0.15, 0.2) is 76.9 Å². The zero-order valence-corrected chi connectivity index (χ0v) is 25.3. The van der Waals surface area contributed by atoms with Gasteiger partial charge in [0.05, 0.1) is 16.2 Å². The van der Waals surface area contributed by atoms with E-state index in [1.54, 1.807) is 24.5 Å². The molecule has 2 aliphatic rings. The number of nitrogens with one attached hydrogen (secondary N) is 1. The fraction of sp³-hybridized carbons (Fsp3) is 0.344. The number of piperazine rings is 1. The van der Waals surface area contributed by atoms with Gasteiger partial charge >= 0.3 is 0 Å². The minimum Gasteiger partial charge on any atom is -0.454 e. The first-order valence-corrected chi connectivity index (χ1v) is 15.6. The first-order valence-electron chi connectivity index (χ1n) is 14.8. The highest BCUT2D eigenvalue weighted by atomic mass is 32.2. The summed E-state index contributed by atoms with van der Waals surface area (Å²) in [6, 6.07) is 17.2. The molecule has 228 valence electrons. The SMILES string of the molecule is CCC(Sc1nc2cc3c(cc2c(=O)n1CCC(=O)N1CCN(c2ccccc2)CC1)OCO3)C(=O)NCc1cccnc1. The van der Waals surface area contributed by atoms with Crippen LogP contribution >= 0.6 is 11.8 Å². The van der Waals surface area contributed by atoms with E-state index >= 15 is 0 Å². The third-order valence-electron chi connectivity index (χ3n) is 7.82. The predicted octanol–water partition coefficient (Wildman–Crippen LogP) is 3.45. The van der Waals surface area contributed by atoms with E-state index in [0.29, 0.717) is 53.6 Å². The maximum Gasteiger partial charge on any atom is 0.262 e. The van der Waals surface area contributed by atoms with Gasteiger partial charge in [-0.2, -0.15) is 0 Å². The summed E-state index contributed by atoms with van der Waals surface area (Å²) in [5, 5.41) is 3.22. The Balaban J connectivity index is 1.20. The molecule has 4 aromatic rings. The van der Waals surface area contributed by atoms with E-state index in [1.165, 1.54) is 16.3 Å². The molecule has 2 aromatic heterocycles. The van der Waals surface area contributed by atoms with Gasteiger partial charge < -0.3 is 24.6 Å². The van der Waals surface area contributed by atoms with Gasteiger partial charge in [0.15, 0.2) is 16.7 Å². The van der Waals surface area contributed by atoms with Gasteiger partial charge in [-0.3, -0.25) is 23.9 Å². The monoisotopic (exact) mass is 614 g/mol. The summed E-state index contributed by atoms with van der Waals surface area (Å²) in [5.74, 6) is 0.814. The lowest BCUT2D eigenvalue weighted by Crippen LogP contribution is -2.49. The van der Waals surface area contributed by atoms with Crippen LogP contribution in [0.1, 0.15) is 25.3 Å². The summed E-state index contributed by atoms with van der Waals surface area (Å²) in [5.41, 5.74) is 2.20. The van der Waals surface area contributed by atoms with Crippen molar-refractivity contribution in [2.45, 2.75) is 43.3 Å². The summed E-state index contributed by atoms with van der Waals surface area (Å²) in [4.78, 5) is 53.4. The van der Waals surface area contributed by atoms with E-state index in [0.717, 1.165) is 24.3 Å². The second-order valence-corrected chi connectivity index (χ2v) is 11.8. The Morgan fingerprint density at radius 3 is 2.52 bits per heavy atom. The van der Waals surface area contributed by atoms with Gasteiger partial charge in [-0.25, -0.2) is 4.98 Å². The summed E-state index contributed by atoms with van der Waals surface area (Å²) < 4.78 is 12.5. The molecule has 12 heteroatoms. The number of nitrogens with zero attached hydrogens (tertiary/aromatic N) is 5. The second-order valence-electron chi connectivity index (χ2n) is 10.6. The lowest BCUT2D eigenvalue weighted by molar-refractivity contribution is -0.131. The maximum atomic E-state index is 13.9. The predicted molar refractivity (Wildman–Crippen MR) is 168 cm³/mol. The van der Waals surface area contributed by atoms with Crippen molar-refractivity contribution in [1.29, 1.82) is 0 Å². The van der Waals surface area contributed by atoms with E-state index in [9.17, 15) is 14.4 Å². The van der Waals surface area contributed by atoms with E-state index in [4.69, 9.17) is 14.5 Å². The van der Waals surface area contributed by atoms with E-state index in [-0.39, 0.29) is 37.1 Å². The van der Waals surface area contributed by atoms with Crippen LogP contribution in [-0.4, -0.2) is 69.5 Å². The third-order valence-corrected chi connectivity index (χ3v) is 9.17. The zero-order valence-electron chi connectivity index (χ0n) is 24.5. The molecule has 0 spiro atoms. The number of thioether (sulfide) groups is 1. The van der Waals surface area contributed by atoms with Crippen molar-refractivity contribution in [1.82, 2.24) is 24.8 Å². The first kappa shape index (κ1) is 29.5. The molecule has 1 N–H and O–H groups in total. The maximum absolute atomic E-state index is 13.9. The zero-order chi connectivity index (χ0) is 30.5. The van der Waals surface area contributed by atoms with Crippen LogP contribution in [0.25, 0.3) is 10.9 Å². The molecule has 6 rings (SSSR count). The number of carbonyl (C=O) groups excluding carboxylic acids is 2. The Hall–Kier alpha value is -4.58. The minimum atomic E-state index is -0.502. The topological polar surface area (TPSA) is 119 Å². The average Bonchev–Trinajstić information content (AvgIpc) is 3.53. The Labute approximate surface area is 259 Å². The van der Waals surface area contributed by atoms with Gasteiger partial charge in [-0.15, -0.1) is 0 Å². The van der Waals surface area contributed by atoms with Crippen molar-refractivity contribution < 1.29 is 19.1 Å². The molecule has 0 saturated carbocycles. The molecular formula is C32H34N6O5S. The third kappa shape index (κ3) is 6.49. The summed E-state index contributed by atoms with van der Waals surface area (Å²) in [7, 11) is 0. The Morgan fingerprint density at radius 2 is 1.80 bits per heavy atom. The number of hydrogen-bond donors (Lipinski definition) is 1. The molecule has 4 heterocycles. The lowest BCUT2D eigenvalue weighted by Gasteiger charge is -2.36. The lowest BCUT2D eigenvalue weighted by atomic mass is 10.2. The standard InChI is InChI=1S/C32H34N6O5S/c1-2-28(30(40)34-20-22-7-6-11-33-19-22)44-32-35-25-18-27-26(42-21-43-27)17-24(25)31(41)38(32)12-10-29(39)37-15-13-36(14-16-37)23-8-4-3-5-9-23/h3-9,11,17-19,28H,2,10,12-16,20-21H2,1H3,(H,34,40). The molecule has 2 aromatic carbocycles. The molecule has 1 saturated heterocycles. The molecule has 11 nitrogen and oxygen atoms in total. The van der Waals surface area contributed by atoms with E-state index in [1.807, 2.05) is 42.2 Å². The van der Waals surface area contributed by atoms with Crippen LogP contribution in [0.2, 0.25) is 0 Å². The van der Waals surface area contributed by atoms with Gasteiger partial charge in [0.25, 0.3) is 5.56 Å². The largest absolute Gasteiger partial charge is 0.454 e. The van der Waals surface area contributed by atoms with Crippen LogP contribution < -0.4 is 25.2 Å². The van der Waals surface area contributed by atoms with E-state index in [2.05, 4.69) is 27.3 Å². The number of carbonyl (C=O) groups is 2. The van der Waals surface area contributed by atoms with Crippen LogP contribution in [0.4, 0.5) is 5.69 Å². The average molecular weight is 615 g/mol. The number of ether oxygens (including phenoxy) is 2. The Morgan fingerprint density at radius 1 is 1.02 bits per heavy atom. The van der Waals surface area contributed by atoms with Crippen molar-refractivity contribution in [3.63, 3.8) is 0 Å². The van der Waals surface area contributed by atoms with Crippen molar-refractivity contribution in [3.05, 3.63) is 82.9 Å². The van der Waals surface area contributed by atoms with Crippen LogP contribution in [0, 0.1) is 0 Å². The number of pyridine rings is 1. The Kier molecular flexibility index (Phi) is 8.96. The van der Waals surface area contributed by atoms with Crippen molar-refractivity contribution in [2.24, 2.45) is 0 Å². The first-order chi connectivity index (χ1) is 21.5. The number of anilines is 1. The molecule has 44 heavy (non-hydrogen) atoms. The molecule has 2 aliphatic heterocycles. The second kappa shape index (κ2) is 13.4. The molecular weight excluding hydrogens is 580 g/mol. The number of aromatic nitrogens is 3. The number of para-hydroxylation sites is 1. The summed E-state index contributed by atoms with van der Waals surface area (Å²) >= 11 is 1.23. The highest BCUT2D eigenvalue weighted by Gasteiger charge is 2.26. The Bertz CT molecular complexity index is 1690. The summed E-state index contributed by atoms with van der Waals surface area (Å²) in [6.45, 7) is 5.18. The number of hydrogen-bond acceptors (Lipinski definition) is 9. The fourth-order valence-electron chi connectivity index (χ4n) is 5.35. The molecule has 0 bridgehead atoms. The smallest absolute Gasteiger partial charge is 0.262 e. The van der Waals surface area contributed by atoms with Gasteiger partial charge in [-0.1, -0.05) is 43.0 Å². The quantitative estimate of drug-likeness (QED) is 0.212. The van der Waals surface area contributed by atoms with E-state index < -0.39 is 5.25 Å². The highest BCUT2D eigenvalue weighted by molar-refractivity contribution is 8.00. The van der Waals surface area contributed by atoms with Gasteiger partial charge in [0.2, 0.25) is 18.6 Å². The van der Waals surface area contributed by atoms with Gasteiger partial charge in [-0.05, 0) is 36.2 Å². The van der Waals surface area contributed by atoms with Crippen molar-refractivity contribution >= 4 is 40.2 Å². The number of fused-ring (bicyclic) bond motifs is 2.